The van der Waals surface area contributed by atoms with E-state index in [2.05, 4.69) is 5.32 Å². The monoisotopic (exact) mass is 278 g/mol. The second-order valence-corrected chi connectivity index (χ2v) is 4.90. The standard InChI is InChI=1S/C15H22N2O3/c1-11(18)10-17(3)14(19)8-7-12-5-4-6-13(9-12)15(20)16-2/h4-6,9,11,18H,7-8,10H2,1-3H3,(H,16,20). The van der Waals surface area contributed by atoms with E-state index in [4.69, 9.17) is 0 Å². The highest BCUT2D eigenvalue weighted by atomic mass is 16.3. The van der Waals surface area contributed by atoms with Gasteiger partial charge in [0, 0.05) is 32.6 Å². The zero-order valence-corrected chi connectivity index (χ0v) is 12.2. The molecule has 0 radical (unpaired) electrons. The first-order chi connectivity index (χ1) is 9.43. The Hall–Kier alpha value is -1.88. The average Bonchev–Trinajstić information content (AvgIpc) is 2.43. The summed E-state index contributed by atoms with van der Waals surface area (Å²) in [5.41, 5.74) is 1.54. The fourth-order valence-electron chi connectivity index (χ4n) is 1.95. The minimum Gasteiger partial charge on any atom is -0.392 e. The highest BCUT2D eigenvalue weighted by molar-refractivity contribution is 5.94. The molecule has 1 unspecified atom stereocenters. The number of hydrogen-bond donors (Lipinski definition) is 2. The van der Waals surface area contributed by atoms with Gasteiger partial charge in [0.15, 0.2) is 0 Å². The maximum absolute atomic E-state index is 11.9. The maximum atomic E-state index is 11.9. The molecule has 0 saturated carbocycles. The Morgan fingerprint density at radius 2 is 2.10 bits per heavy atom. The topological polar surface area (TPSA) is 69.6 Å². The lowest BCUT2D eigenvalue weighted by molar-refractivity contribution is -0.131. The van der Waals surface area contributed by atoms with Crippen molar-refractivity contribution in [2.45, 2.75) is 25.9 Å². The van der Waals surface area contributed by atoms with E-state index in [1.54, 1.807) is 33.2 Å². The third kappa shape index (κ3) is 5.01. The summed E-state index contributed by atoms with van der Waals surface area (Å²) in [6, 6.07) is 7.24. The Morgan fingerprint density at radius 3 is 2.70 bits per heavy atom. The van der Waals surface area contributed by atoms with Crippen LogP contribution in [0.25, 0.3) is 0 Å². The number of carbonyl (C=O) groups excluding carboxylic acids is 2. The van der Waals surface area contributed by atoms with Gasteiger partial charge in [-0.1, -0.05) is 12.1 Å². The van der Waals surface area contributed by atoms with E-state index >= 15 is 0 Å². The number of likely N-dealkylation sites (N-methyl/N-ethyl adjacent to an activating group) is 1. The molecule has 2 N–H and O–H groups in total. The Kier molecular flexibility index (Phi) is 6.18. The first-order valence-electron chi connectivity index (χ1n) is 6.67. The molecule has 0 bridgehead atoms. The van der Waals surface area contributed by atoms with E-state index in [1.807, 2.05) is 12.1 Å². The molecule has 1 atom stereocenters. The van der Waals surface area contributed by atoms with Gasteiger partial charge in [-0.3, -0.25) is 9.59 Å². The van der Waals surface area contributed by atoms with Crippen LogP contribution in [-0.4, -0.2) is 48.6 Å². The third-order valence-corrected chi connectivity index (χ3v) is 3.01. The minimum absolute atomic E-state index is 0.0174. The van der Waals surface area contributed by atoms with Gasteiger partial charge in [0.2, 0.25) is 5.91 Å². The molecule has 0 spiro atoms. The number of nitrogens with one attached hydrogen (secondary N) is 1. The molecular formula is C15H22N2O3. The molecular weight excluding hydrogens is 256 g/mol. The Balaban J connectivity index is 2.57. The fourth-order valence-corrected chi connectivity index (χ4v) is 1.95. The van der Waals surface area contributed by atoms with Crippen molar-refractivity contribution in [2.75, 3.05) is 20.6 Å². The summed E-state index contributed by atoms with van der Waals surface area (Å²) in [6.07, 6.45) is 0.411. The molecule has 0 aliphatic heterocycles. The number of carbonyl (C=O) groups is 2. The first-order valence-corrected chi connectivity index (χ1v) is 6.67. The van der Waals surface area contributed by atoms with Crippen molar-refractivity contribution in [1.29, 1.82) is 0 Å². The highest BCUT2D eigenvalue weighted by Crippen LogP contribution is 2.09. The molecule has 5 nitrogen and oxygen atoms in total. The summed E-state index contributed by atoms with van der Waals surface area (Å²) in [6.45, 7) is 1.98. The van der Waals surface area contributed by atoms with Crippen molar-refractivity contribution in [1.82, 2.24) is 10.2 Å². The van der Waals surface area contributed by atoms with Crippen molar-refractivity contribution in [3.05, 3.63) is 35.4 Å². The SMILES string of the molecule is CNC(=O)c1cccc(CCC(=O)N(C)CC(C)O)c1. The molecule has 20 heavy (non-hydrogen) atoms. The summed E-state index contributed by atoms with van der Waals surface area (Å²) in [7, 11) is 3.26. The average molecular weight is 278 g/mol. The largest absolute Gasteiger partial charge is 0.392 e. The summed E-state index contributed by atoms with van der Waals surface area (Å²) in [5, 5.41) is 11.8. The second-order valence-electron chi connectivity index (χ2n) is 4.90. The summed E-state index contributed by atoms with van der Waals surface area (Å²) < 4.78 is 0. The lowest BCUT2D eigenvalue weighted by Gasteiger charge is -2.18. The van der Waals surface area contributed by atoms with Crippen LogP contribution in [0.2, 0.25) is 0 Å². The molecule has 5 heteroatoms. The minimum atomic E-state index is -0.527. The number of amides is 2. The zero-order valence-electron chi connectivity index (χ0n) is 12.2. The lowest BCUT2D eigenvalue weighted by Crippen LogP contribution is -2.33. The van der Waals surface area contributed by atoms with Crippen LogP contribution in [0.1, 0.15) is 29.3 Å². The molecule has 1 aromatic rings. The Bertz CT molecular complexity index is 472. The van der Waals surface area contributed by atoms with Crippen LogP contribution in [-0.2, 0) is 11.2 Å². The summed E-state index contributed by atoms with van der Waals surface area (Å²) in [4.78, 5) is 24.9. The lowest BCUT2D eigenvalue weighted by atomic mass is 10.1. The van der Waals surface area contributed by atoms with E-state index in [0.717, 1.165) is 5.56 Å². The first kappa shape index (κ1) is 16.2. The van der Waals surface area contributed by atoms with Gasteiger partial charge in [-0.05, 0) is 31.0 Å². The van der Waals surface area contributed by atoms with Crippen LogP contribution >= 0.6 is 0 Å². The van der Waals surface area contributed by atoms with Gasteiger partial charge < -0.3 is 15.3 Å². The number of nitrogens with zero attached hydrogens (tertiary/aromatic N) is 1. The van der Waals surface area contributed by atoms with Crippen molar-refractivity contribution in [2.24, 2.45) is 0 Å². The molecule has 0 heterocycles. The fraction of sp³-hybridized carbons (Fsp3) is 0.467. The zero-order chi connectivity index (χ0) is 15.1. The number of rotatable bonds is 6. The van der Waals surface area contributed by atoms with Crippen LogP contribution in [0.15, 0.2) is 24.3 Å². The highest BCUT2D eigenvalue weighted by Gasteiger charge is 2.11. The van der Waals surface area contributed by atoms with E-state index in [0.29, 0.717) is 24.9 Å². The van der Waals surface area contributed by atoms with E-state index in [9.17, 15) is 14.7 Å². The van der Waals surface area contributed by atoms with Crippen LogP contribution in [0.4, 0.5) is 0 Å². The van der Waals surface area contributed by atoms with Crippen LogP contribution < -0.4 is 5.32 Å². The molecule has 0 fully saturated rings. The molecule has 1 aromatic carbocycles. The van der Waals surface area contributed by atoms with Gasteiger partial charge in [-0.2, -0.15) is 0 Å². The van der Waals surface area contributed by atoms with Crippen molar-refractivity contribution < 1.29 is 14.7 Å². The predicted molar refractivity (Wildman–Crippen MR) is 77.5 cm³/mol. The molecule has 0 aromatic heterocycles. The molecule has 2 amide bonds. The van der Waals surface area contributed by atoms with E-state index < -0.39 is 6.10 Å². The van der Waals surface area contributed by atoms with Gasteiger partial charge in [-0.25, -0.2) is 0 Å². The number of aliphatic hydroxyl groups is 1. The second kappa shape index (κ2) is 7.65. The number of benzene rings is 1. The van der Waals surface area contributed by atoms with Gasteiger partial charge >= 0.3 is 0 Å². The quantitative estimate of drug-likeness (QED) is 0.809. The normalized spacial score (nSPS) is 11.8. The van der Waals surface area contributed by atoms with Gasteiger partial charge in [-0.15, -0.1) is 0 Å². The van der Waals surface area contributed by atoms with Crippen molar-refractivity contribution in [3.8, 4) is 0 Å². The van der Waals surface area contributed by atoms with Gasteiger partial charge in [0.05, 0.1) is 6.10 Å². The number of aliphatic hydroxyl groups excluding tert-OH is 1. The Labute approximate surface area is 119 Å². The van der Waals surface area contributed by atoms with Crippen LogP contribution in [0, 0.1) is 0 Å². The molecule has 110 valence electrons. The van der Waals surface area contributed by atoms with Gasteiger partial charge in [0.1, 0.15) is 0 Å². The predicted octanol–water partition coefficient (Wildman–Crippen LogP) is 0.818. The number of hydrogen-bond acceptors (Lipinski definition) is 3. The van der Waals surface area contributed by atoms with Crippen molar-refractivity contribution >= 4 is 11.8 Å². The smallest absolute Gasteiger partial charge is 0.251 e. The van der Waals surface area contributed by atoms with Crippen LogP contribution in [0.5, 0.6) is 0 Å². The molecule has 0 saturated heterocycles. The molecule has 0 aliphatic carbocycles. The molecule has 0 aliphatic rings. The van der Waals surface area contributed by atoms with E-state index in [-0.39, 0.29) is 11.8 Å². The Morgan fingerprint density at radius 1 is 1.40 bits per heavy atom. The van der Waals surface area contributed by atoms with Crippen molar-refractivity contribution in [3.63, 3.8) is 0 Å². The van der Waals surface area contributed by atoms with Crippen LogP contribution in [0.3, 0.4) is 0 Å². The maximum Gasteiger partial charge on any atom is 0.251 e. The van der Waals surface area contributed by atoms with Gasteiger partial charge in [0.25, 0.3) is 5.91 Å². The summed E-state index contributed by atoms with van der Waals surface area (Å²) >= 11 is 0. The van der Waals surface area contributed by atoms with E-state index in [1.165, 1.54) is 4.90 Å². The summed E-state index contributed by atoms with van der Waals surface area (Å²) in [5.74, 6) is -0.152. The third-order valence-electron chi connectivity index (χ3n) is 3.01. The number of aryl methyl sites for hydroxylation is 1. The molecule has 1 rings (SSSR count).